The molecule has 76 valence electrons. The largest absolute Gasteiger partial charge is 0.384 e. The zero-order valence-corrected chi connectivity index (χ0v) is 8.18. The first-order valence-corrected chi connectivity index (χ1v) is 4.49. The van der Waals surface area contributed by atoms with Gasteiger partial charge in [-0.3, -0.25) is 0 Å². The first-order valence-electron chi connectivity index (χ1n) is 4.49. The van der Waals surface area contributed by atoms with Crippen LogP contribution >= 0.6 is 0 Å². The first-order chi connectivity index (χ1) is 6.88. The Bertz CT molecular complexity index is 303. The highest BCUT2D eigenvalue weighted by Gasteiger charge is 2.04. The first kappa shape index (κ1) is 10.6. The number of aromatic nitrogens is 4. The molecule has 0 fully saturated rings. The monoisotopic (exact) mass is 195 g/mol. The number of methoxy groups -OCH3 is 1. The number of hydrogen-bond acceptors (Lipinski definition) is 5. The van der Waals surface area contributed by atoms with Crippen LogP contribution in [0.25, 0.3) is 0 Å². The van der Waals surface area contributed by atoms with Gasteiger partial charge < -0.3 is 4.74 Å². The molecule has 0 bridgehead atoms. The maximum absolute atomic E-state index is 8.37. The lowest BCUT2D eigenvalue weighted by Crippen LogP contribution is -2.08. The van der Waals surface area contributed by atoms with Gasteiger partial charge in [0.1, 0.15) is 0 Å². The highest BCUT2D eigenvalue weighted by molar-refractivity contribution is 4.81. The third kappa shape index (κ3) is 3.11. The number of hydrogen-bond donors (Lipinski definition) is 0. The van der Waals surface area contributed by atoms with Crippen molar-refractivity contribution in [3.05, 3.63) is 5.82 Å². The molecule has 0 aliphatic carbocycles. The minimum Gasteiger partial charge on any atom is -0.384 e. The van der Waals surface area contributed by atoms with Crippen molar-refractivity contribution >= 4 is 0 Å². The van der Waals surface area contributed by atoms with Gasteiger partial charge >= 0.3 is 0 Å². The summed E-state index contributed by atoms with van der Waals surface area (Å²) in [4.78, 5) is 0. The van der Waals surface area contributed by atoms with Crippen LogP contribution in [0.5, 0.6) is 0 Å². The lowest BCUT2D eigenvalue weighted by molar-refractivity contribution is 0.199. The summed E-state index contributed by atoms with van der Waals surface area (Å²) in [6.45, 7) is 1.30. The molecule has 1 heterocycles. The van der Waals surface area contributed by atoms with E-state index in [1.807, 2.05) is 0 Å². The maximum Gasteiger partial charge on any atom is 0.153 e. The SMILES string of the molecule is COCCc1nnnn1CCCC#N. The lowest BCUT2D eigenvalue weighted by Gasteiger charge is -2.01. The van der Waals surface area contributed by atoms with E-state index in [9.17, 15) is 0 Å². The molecule has 0 amide bonds. The van der Waals surface area contributed by atoms with Crippen molar-refractivity contribution in [3.8, 4) is 6.07 Å². The van der Waals surface area contributed by atoms with Gasteiger partial charge in [0.15, 0.2) is 5.82 Å². The second kappa shape index (κ2) is 6.05. The van der Waals surface area contributed by atoms with Gasteiger partial charge in [-0.2, -0.15) is 5.26 Å². The highest BCUT2D eigenvalue weighted by Crippen LogP contribution is 1.97. The normalized spacial score (nSPS) is 10.0. The van der Waals surface area contributed by atoms with E-state index in [1.165, 1.54) is 0 Å². The fourth-order valence-electron chi connectivity index (χ4n) is 1.08. The number of tetrazole rings is 1. The summed E-state index contributed by atoms with van der Waals surface area (Å²) in [6.07, 6.45) is 2.02. The van der Waals surface area contributed by atoms with Crippen LogP contribution in [0.1, 0.15) is 18.7 Å². The van der Waals surface area contributed by atoms with Crippen molar-refractivity contribution in [1.29, 1.82) is 5.26 Å². The summed E-state index contributed by atoms with van der Waals surface area (Å²) in [5.74, 6) is 0.810. The average molecular weight is 195 g/mol. The molecule has 0 saturated carbocycles. The number of ether oxygens (including phenoxy) is 1. The van der Waals surface area contributed by atoms with E-state index in [2.05, 4.69) is 21.6 Å². The van der Waals surface area contributed by atoms with Crippen molar-refractivity contribution in [3.63, 3.8) is 0 Å². The Hall–Kier alpha value is -1.48. The van der Waals surface area contributed by atoms with Crippen molar-refractivity contribution < 1.29 is 4.74 Å². The van der Waals surface area contributed by atoms with Gasteiger partial charge in [0, 0.05) is 26.5 Å². The summed E-state index contributed by atoms with van der Waals surface area (Å²) in [7, 11) is 1.64. The zero-order chi connectivity index (χ0) is 10.2. The molecule has 0 N–H and O–H groups in total. The molecule has 6 heteroatoms. The van der Waals surface area contributed by atoms with Gasteiger partial charge in [-0.1, -0.05) is 0 Å². The van der Waals surface area contributed by atoms with Crippen LogP contribution in [0.2, 0.25) is 0 Å². The quantitative estimate of drug-likeness (QED) is 0.604. The predicted molar refractivity (Wildman–Crippen MR) is 48.2 cm³/mol. The second-order valence-corrected chi connectivity index (χ2v) is 2.82. The highest BCUT2D eigenvalue weighted by atomic mass is 16.5. The fraction of sp³-hybridized carbons (Fsp3) is 0.750. The molecule has 0 unspecified atom stereocenters. The Balaban J connectivity index is 2.42. The topological polar surface area (TPSA) is 76.6 Å². The molecule has 0 atom stereocenters. The number of aryl methyl sites for hydroxylation is 1. The van der Waals surface area contributed by atoms with Crippen LogP contribution in [-0.4, -0.2) is 33.9 Å². The Kier molecular flexibility index (Phi) is 4.58. The summed E-state index contributed by atoms with van der Waals surface area (Å²) in [6, 6.07) is 2.09. The Morgan fingerprint density at radius 1 is 1.57 bits per heavy atom. The third-order valence-corrected chi connectivity index (χ3v) is 1.79. The van der Waals surface area contributed by atoms with Crippen molar-refractivity contribution in [1.82, 2.24) is 20.2 Å². The van der Waals surface area contributed by atoms with Crippen LogP contribution in [0, 0.1) is 11.3 Å². The van der Waals surface area contributed by atoms with Gasteiger partial charge in [0.25, 0.3) is 0 Å². The molecule has 0 aliphatic rings. The molecular formula is C8H13N5O. The lowest BCUT2D eigenvalue weighted by atomic mass is 10.3. The Morgan fingerprint density at radius 2 is 2.43 bits per heavy atom. The molecule has 6 nitrogen and oxygen atoms in total. The number of unbranched alkanes of at least 4 members (excludes halogenated alkanes) is 1. The standard InChI is InChI=1S/C8H13N5O/c1-14-7-4-8-10-11-12-13(8)6-3-2-5-9/h2-4,6-7H2,1H3. The number of nitrogens with zero attached hydrogens (tertiary/aromatic N) is 5. The minimum absolute atomic E-state index is 0.531. The van der Waals surface area contributed by atoms with Gasteiger partial charge in [-0.15, -0.1) is 5.10 Å². The van der Waals surface area contributed by atoms with Crippen molar-refractivity contribution in [2.24, 2.45) is 0 Å². The maximum atomic E-state index is 8.37. The van der Waals surface area contributed by atoms with Crippen LogP contribution in [0.3, 0.4) is 0 Å². The molecule has 0 aliphatic heterocycles. The number of nitriles is 1. The van der Waals surface area contributed by atoms with E-state index in [0.717, 1.165) is 12.2 Å². The molecule has 0 aromatic carbocycles. The molecule has 0 radical (unpaired) electrons. The molecule has 1 aromatic heterocycles. The zero-order valence-electron chi connectivity index (χ0n) is 8.18. The molecule has 0 spiro atoms. The second-order valence-electron chi connectivity index (χ2n) is 2.82. The van der Waals surface area contributed by atoms with E-state index < -0.39 is 0 Å². The smallest absolute Gasteiger partial charge is 0.153 e. The molecule has 1 rings (SSSR count). The van der Waals surface area contributed by atoms with Crippen LogP contribution in [0.4, 0.5) is 0 Å². The molecule has 0 saturated heterocycles. The average Bonchev–Trinajstić information content (AvgIpc) is 2.63. The van der Waals surface area contributed by atoms with E-state index in [1.54, 1.807) is 11.8 Å². The Morgan fingerprint density at radius 3 is 3.14 bits per heavy atom. The van der Waals surface area contributed by atoms with Gasteiger partial charge in [0.2, 0.25) is 0 Å². The number of rotatable bonds is 6. The summed E-state index contributed by atoms with van der Waals surface area (Å²) in [5.41, 5.74) is 0. The van der Waals surface area contributed by atoms with Gasteiger partial charge in [0.05, 0.1) is 12.7 Å². The minimum atomic E-state index is 0.531. The summed E-state index contributed by atoms with van der Waals surface area (Å²) < 4.78 is 6.65. The summed E-state index contributed by atoms with van der Waals surface area (Å²) in [5, 5.41) is 19.7. The molecular weight excluding hydrogens is 182 g/mol. The summed E-state index contributed by atoms with van der Waals surface area (Å²) >= 11 is 0. The van der Waals surface area contributed by atoms with Crippen LogP contribution < -0.4 is 0 Å². The Labute approximate surface area is 82.5 Å². The van der Waals surface area contributed by atoms with E-state index in [0.29, 0.717) is 26.0 Å². The van der Waals surface area contributed by atoms with E-state index in [4.69, 9.17) is 10.00 Å². The van der Waals surface area contributed by atoms with E-state index in [-0.39, 0.29) is 0 Å². The third-order valence-electron chi connectivity index (χ3n) is 1.79. The molecule has 14 heavy (non-hydrogen) atoms. The van der Waals surface area contributed by atoms with Gasteiger partial charge in [-0.05, 0) is 16.8 Å². The molecule has 1 aromatic rings. The predicted octanol–water partition coefficient (Wildman–Crippen LogP) is 0.166. The van der Waals surface area contributed by atoms with Crippen molar-refractivity contribution in [2.75, 3.05) is 13.7 Å². The van der Waals surface area contributed by atoms with Crippen LogP contribution in [0.15, 0.2) is 0 Å². The van der Waals surface area contributed by atoms with E-state index >= 15 is 0 Å². The van der Waals surface area contributed by atoms with Crippen molar-refractivity contribution in [2.45, 2.75) is 25.8 Å². The fourth-order valence-corrected chi connectivity index (χ4v) is 1.08. The van der Waals surface area contributed by atoms with Gasteiger partial charge in [-0.25, -0.2) is 4.68 Å². The van der Waals surface area contributed by atoms with Crippen LogP contribution in [-0.2, 0) is 17.7 Å².